The lowest BCUT2D eigenvalue weighted by Crippen LogP contribution is -2.24. The molecular weight excluding hydrogens is 268 g/mol. The molecule has 0 radical (unpaired) electrons. The number of rotatable bonds is 6. The number of benzene rings is 1. The SMILES string of the molecule is CC(C)(CCO)CNc1ccc2c(C(=O)O)cccc2n1. The topological polar surface area (TPSA) is 82.5 Å². The molecule has 5 heteroatoms. The van der Waals surface area contributed by atoms with Crippen LogP contribution in [-0.4, -0.2) is 34.3 Å². The number of hydrogen-bond donors (Lipinski definition) is 3. The summed E-state index contributed by atoms with van der Waals surface area (Å²) >= 11 is 0. The van der Waals surface area contributed by atoms with E-state index in [4.69, 9.17) is 10.2 Å². The van der Waals surface area contributed by atoms with Crippen LogP contribution in [0.4, 0.5) is 5.82 Å². The summed E-state index contributed by atoms with van der Waals surface area (Å²) in [5, 5.41) is 22.0. The van der Waals surface area contributed by atoms with E-state index in [1.807, 2.05) is 0 Å². The van der Waals surface area contributed by atoms with Crippen molar-refractivity contribution in [1.82, 2.24) is 4.98 Å². The van der Waals surface area contributed by atoms with Gasteiger partial charge >= 0.3 is 5.97 Å². The maximum Gasteiger partial charge on any atom is 0.336 e. The zero-order valence-corrected chi connectivity index (χ0v) is 12.3. The summed E-state index contributed by atoms with van der Waals surface area (Å²) in [5.41, 5.74) is 0.876. The van der Waals surface area contributed by atoms with Crippen molar-refractivity contribution in [3.63, 3.8) is 0 Å². The smallest absolute Gasteiger partial charge is 0.336 e. The van der Waals surface area contributed by atoms with E-state index in [1.54, 1.807) is 30.3 Å². The molecule has 0 amide bonds. The summed E-state index contributed by atoms with van der Waals surface area (Å²) in [6, 6.07) is 8.62. The maximum atomic E-state index is 11.2. The van der Waals surface area contributed by atoms with Crippen LogP contribution < -0.4 is 5.32 Å². The van der Waals surface area contributed by atoms with E-state index in [0.717, 1.165) is 0 Å². The second-order valence-electron chi connectivity index (χ2n) is 5.87. The molecule has 0 aliphatic rings. The van der Waals surface area contributed by atoms with Gasteiger partial charge in [0.2, 0.25) is 0 Å². The van der Waals surface area contributed by atoms with Gasteiger partial charge in [-0.25, -0.2) is 9.78 Å². The number of aliphatic hydroxyl groups is 1. The lowest BCUT2D eigenvalue weighted by atomic mass is 9.90. The zero-order chi connectivity index (χ0) is 15.5. The predicted molar refractivity (Wildman–Crippen MR) is 82.7 cm³/mol. The molecule has 1 aromatic heterocycles. The van der Waals surface area contributed by atoms with Crippen LogP contribution in [0.15, 0.2) is 30.3 Å². The Hall–Kier alpha value is -2.14. The molecule has 112 valence electrons. The largest absolute Gasteiger partial charge is 0.478 e. The molecule has 0 spiro atoms. The summed E-state index contributed by atoms with van der Waals surface area (Å²) in [6.07, 6.45) is 0.705. The van der Waals surface area contributed by atoms with Crippen LogP contribution in [-0.2, 0) is 0 Å². The monoisotopic (exact) mass is 288 g/mol. The molecular formula is C16H20N2O3. The first-order valence-corrected chi connectivity index (χ1v) is 6.91. The Kier molecular flexibility index (Phi) is 4.43. The van der Waals surface area contributed by atoms with Gasteiger partial charge in [-0.05, 0) is 36.1 Å². The van der Waals surface area contributed by atoms with E-state index in [2.05, 4.69) is 24.1 Å². The van der Waals surface area contributed by atoms with Gasteiger partial charge in [0.1, 0.15) is 5.82 Å². The van der Waals surface area contributed by atoms with Gasteiger partial charge in [-0.2, -0.15) is 0 Å². The van der Waals surface area contributed by atoms with Gasteiger partial charge in [-0.15, -0.1) is 0 Å². The van der Waals surface area contributed by atoms with E-state index in [9.17, 15) is 4.79 Å². The van der Waals surface area contributed by atoms with Crippen LogP contribution in [0.25, 0.3) is 10.9 Å². The van der Waals surface area contributed by atoms with Crippen LogP contribution in [0.2, 0.25) is 0 Å². The Morgan fingerprint density at radius 3 is 2.71 bits per heavy atom. The van der Waals surface area contributed by atoms with Crippen LogP contribution >= 0.6 is 0 Å². The third kappa shape index (κ3) is 3.70. The number of pyridine rings is 1. The lowest BCUT2D eigenvalue weighted by molar-refractivity contribution is 0.0699. The normalized spacial score (nSPS) is 11.6. The molecule has 2 aromatic rings. The van der Waals surface area contributed by atoms with E-state index in [0.29, 0.717) is 29.7 Å². The van der Waals surface area contributed by atoms with E-state index < -0.39 is 5.97 Å². The van der Waals surface area contributed by atoms with Gasteiger partial charge in [0.05, 0.1) is 11.1 Å². The Bertz CT molecular complexity index is 653. The Morgan fingerprint density at radius 1 is 1.29 bits per heavy atom. The number of aliphatic hydroxyl groups excluding tert-OH is 1. The molecule has 0 saturated heterocycles. The number of anilines is 1. The van der Waals surface area contributed by atoms with Gasteiger partial charge in [0, 0.05) is 18.5 Å². The van der Waals surface area contributed by atoms with Gasteiger partial charge in [0.15, 0.2) is 0 Å². The molecule has 0 aliphatic heterocycles. The molecule has 0 saturated carbocycles. The fourth-order valence-electron chi connectivity index (χ4n) is 2.16. The zero-order valence-electron chi connectivity index (χ0n) is 12.3. The highest BCUT2D eigenvalue weighted by atomic mass is 16.4. The van der Waals surface area contributed by atoms with Crippen molar-refractivity contribution < 1.29 is 15.0 Å². The van der Waals surface area contributed by atoms with Crippen LogP contribution in [0.1, 0.15) is 30.6 Å². The predicted octanol–water partition coefficient (Wildman–Crippen LogP) is 2.75. The molecule has 0 unspecified atom stereocenters. The highest BCUT2D eigenvalue weighted by Crippen LogP contribution is 2.22. The number of nitrogens with one attached hydrogen (secondary N) is 1. The third-order valence-corrected chi connectivity index (χ3v) is 3.50. The highest BCUT2D eigenvalue weighted by Gasteiger charge is 2.17. The molecule has 1 heterocycles. The lowest BCUT2D eigenvalue weighted by Gasteiger charge is -2.24. The Morgan fingerprint density at radius 2 is 2.05 bits per heavy atom. The van der Waals surface area contributed by atoms with Gasteiger partial charge < -0.3 is 15.5 Å². The number of aromatic carboxylic acids is 1. The first-order chi connectivity index (χ1) is 9.93. The number of fused-ring (bicyclic) bond motifs is 1. The molecule has 1 aromatic carbocycles. The summed E-state index contributed by atoms with van der Waals surface area (Å²) < 4.78 is 0. The van der Waals surface area contributed by atoms with Crippen molar-refractivity contribution in [2.45, 2.75) is 20.3 Å². The first kappa shape index (κ1) is 15.3. The first-order valence-electron chi connectivity index (χ1n) is 6.91. The second-order valence-corrected chi connectivity index (χ2v) is 5.87. The number of nitrogens with zero attached hydrogens (tertiary/aromatic N) is 1. The standard InChI is InChI=1S/C16H20N2O3/c1-16(2,8-9-19)10-17-14-7-6-11-12(15(20)21)4-3-5-13(11)18-14/h3-7,19H,8-10H2,1-2H3,(H,17,18)(H,20,21). The minimum atomic E-state index is -0.952. The van der Waals surface area contributed by atoms with Crippen molar-refractivity contribution in [3.8, 4) is 0 Å². The third-order valence-electron chi connectivity index (χ3n) is 3.50. The molecule has 21 heavy (non-hydrogen) atoms. The fourth-order valence-corrected chi connectivity index (χ4v) is 2.16. The van der Waals surface area contributed by atoms with Crippen LogP contribution in [0, 0.1) is 5.41 Å². The number of carbonyl (C=O) groups is 1. The Labute approximate surface area is 123 Å². The van der Waals surface area contributed by atoms with Crippen molar-refractivity contribution >= 4 is 22.7 Å². The summed E-state index contributed by atoms with van der Waals surface area (Å²) in [7, 11) is 0. The van der Waals surface area contributed by atoms with Crippen LogP contribution in [0.3, 0.4) is 0 Å². The molecule has 0 atom stereocenters. The van der Waals surface area contributed by atoms with Crippen molar-refractivity contribution in [1.29, 1.82) is 0 Å². The minimum absolute atomic E-state index is 0.0334. The number of hydrogen-bond acceptors (Lipinski definition) is 4. The number of carboxylic acids is 1. The van der Waals surface area contributed by atoms with Gasteiger partial charge in [-0.1, -0.05) is 19.9 Å². The molecule has 0 aliphatic carbocycles. The van der Waals surface area contributed by atoms with Crippen molar-refractivity contribution in [2.24, 2.45) is 5.41 Å². The quantitative estimate of drug-likeness (QED) is 0.761. The minimum Gasteiger partial charge on any atom is -0.478 e. The van der Waals surface area contributed by atoms with Crippen molar-refractivity contribution in [3.05, 3.63) is 35.9 Å². The van der Waals surface area contributed by atoms with Crippen molar-refractivity contribution in [2.75, 3.05) is 18.5 Å². The molecule has 2 rings (SSSR count). The van der Waals surface area contributed by atoms with E-state index in [1.165, 1.54) is 0 Å². The fraction of sp³-hybridized carbons (Fsp3) is 0.375. The Balaban J connectivity index is 2.22. The van der Waals surface area contributed by atoms with Crippen LogP contribution in [0.5, 0.6) is 0 Å². The summed E-state index contributed by atoms with van der Waals surface area (Å²) in [4.78, 5) is 15.6. The van der Waals surface area contributed by atoms with E-state index in [-0.39, 0.29) is 17.6 Å². The summed E-state index contributed by atoms with van der Waals surface area (Å²) in [5.74, 6) is -0.247. The number of aromatic nitrogens is 1. The molecule has 5 nitrogen and oxygen atoms in total. The van der Waals surface area contributed by atoms with Gasteiger partial charge in [-0.3, -0.25) is 0 Å². The van der Waals surface area contributed by atoms with Gasteiger partial charge in [0.25, 0.3) is 0 Å². The summed E-state index contributed by atoms with van der Waals surface area (Å²) in [6.45, 7) is 4.98. The molecule has 0 fully saturated rings. The van der Waals surface area contributed by atoms with E-state index >= 15 is 0 Å². The maximum absolute atomic E-state index is 11.2. The average Bonchev–Trinajstić information content (AvgIpc) is 2.44. The second kappa shape index (κ2) is 6.10. The highest BCUT2D eigenvalue weighted by molar-refractivity contribution is 6.02. The number of carboxylic acid groups (broad SMARTS) is 1. The molecule has 3 N–H and O–H groups in total. The molecule has 0 bridgehead atoms. The average molecular weight is 288 g/mol.